The first-order valence-electron chi connectivity index (χ1n) is 8.80. The van der Waals surface area contributed by atoms with Crippen molar-refractivity contribution in [2.45, 2.75) is 13.8 Å². The van der Waals surface area contributed by atoms with Crippen molar-refractivity contribution in [3.05, 3.63) is 69.5 Å². The molecule has 146 valence electrons. The van der Waals surface area contributed by atoms with Gasteiger partial charge in [0.15, 0.2) is 0 Å². The first kappa shape index (κ1) is 18.8. The molecule has 0 atom stereocenters. The third kappa shape index (κ3) is 3.47. The number of carbonyl (C=O) groups excluding carboxylic acids is 1. The number of aryl methyl sites for hydroxylation is 3. The Labute approximate surface area is 170 Å². The van der Waals surface area contributed by atoms with Gasteiger partial charge in [-0.3, -0.25) is 19.6 Å². The maximum Gasteiger partial charge on any atom is 0.322 e. The quantitative estimate of drug-likeness (QED) is 0.397. The lowest BCUT2D eigenvalue weighted by atomic mass is 10.2. The Hall–Kier alpha value is -3.59. The van der Waals surface area contributed by atoms with Gasteiger partial charge in [0.1, 0.15) is 10.7 Å². The minimum atomic E-state index is -0.588. The zero-order chi connectivity index (χ0) is 20.7. The van der Waals surface area contributed by atoms with E-state index in [9.17, 15) is 14.9 Å². The van der Waals surface area contributed by atoms with E-state index in [4.69, 9.17) is 0 Å². The predicted octanol–water partition coefficient (Wildman–Crippen LogP) is 4.47. The van der Waals surface area contributed by atoms with Crippen molar-refractivity contribution in [2.24, 2.45) is 7.05 Å². The number of thiazole rings is 1. The molecule has 1 N–H and O–H groups in total. The normalized spacial score (nSPS) is 11.0. The molecule has 0 aliphatic carbocycles. The van der Waals surface area contributed by atoms with Crippen molar-refractivity contribution in [1.82, 2.24) is 14.8 Å². The summed E-state index contributed by atoms with van der Waals surface area (Å²) in [7, 11) is 1.51. The van der Waals surface area contributed by atoms with E-state index in [2.05, 4.69) is 21.5 Å². The molecular formula is C20H17N5O3S. The largest absolute Gasteiger partial charge is 0.322 e. The number of nitro groups is 1. The summed E-state index contributed by atoms with van der Waals surface area (Å²) < 4.78 is 2.34. The highest BCUT2D eigenvalue weighted by molar-refractivity contribution is 7.21. The molecule has 29 heavy (non-hydrogen) atoms. The Balaban J connectivity index is 1.58. The van der Waals surface area contributed by atoms with Gasteiger partial charge in [-0.25, -0.2) is 4.98 Å². The molecule has 8 nitrogen and oxygen atoms in total. The number of anilines is 1. The SMILES string of the molecule is Cc1ccc2nc(-c3ccc(NC(=O)c4c([N+](=O)[O-])c(C)nn4C)cc3)sc2c1. The van der Waals surface area contributed by atoms with Crippen LogP contribution < -0.4 is 5.32 Å². The molecule has 0 spiro atoms. The summed E-state index contributed by atoms with van der Waals surface area (Å²) in [5.74, 6) is -0.581. The Kier molecular flexibility index (Phi) is 4.59. The maximum atomic E-state index is 12.6. The number of benzene rings is 2. The van der Waals surface area contributed by atoms with Gasteiger partial charge in [-0.15, -0.1) is 11.3 Å². The Morgan fingerprint density at radius 1 is 1.17 bits per heavy atom. The minimum Gasteiger partial charge on any atom is -0.320 e. The summed E-state index contributed by atoms with van der Waals surface area (Å²) in [6, 6.07) is 13.4. The second-order valence-electron chi connectivity index (χ2n) is 6.69. The van der Waals surface area contributed by atoms with Gasteiger partial charge in [-0.05, 0) is 55.8 Å². The van der Waals surface area contributed by atoms with Crippen molar-refractivity contribution in [3.63, 3.8) is 0 Å². The van der Waals surface area contributed by atoms with Crippen LogP contribution in [0.4, 0.5) is 11.4 Å². The number of aromatic nitrogens is 3. The molecule has 9 heteroatoms. The zero-order valence-electron chi connectivity index (χ0n) is 16.0. The fourth-order valence-electron chi connectivity index (χ4n) is 3.16. The highest BCUT2D eigenvalue weighted by Crippen LogP contribution is 2.31. The molecule has 2 heterocycles. The fraction of sp³-hybridized carbons (Fsp3) is 0.150. The third-order valence-electron chi connectivity index (χ3n) is 4.52. The van der Waals surface area contributed by atoms with Gasteiger partial charge in [0.05, 0.1) is 15.1 Å². The molecule has 0 bridgehead atoms. The molecule has 0 aliphatic rings. The second kappa shape index (κ2) is 7.10. The van der Waals surface area contributed by atoms with E-state index < -0.39 is 10.8 Å². The van der Waals surface area contributed by atoms with E-state index in [0.29, 0.717) is 5.69 Å². The van der Waals surface area contributed by atoms with Gasteiger partial charge in [-0.1, -0.05) is 6.07 Å². The van der Waals surface area contributed by atoms with Gasteiger partial charge in [0, 0.05) is 18.3 Å². The highest BCUT2D eigenvalue weighted by atomic mass is 32.1. The van der Waals surface area contributed by atoms with E-state index in [1.54, 1.807) is 23.5 Å². The number of carbonyl (C=O) groups is 1. The summed E-state index contributed by atoms with van der Waals surface area (Å²) >= 11 is 1.61. The molecule has 4 aromatic rings. The standard InChI is InChI=1S/C20H17N5O3S/c1-11-4-9-15-16(10-11)29-20(22-15)13-5-7-14(8-6-13)21-19(26)18-17(25(27)28)12(2)23-24(18)3/h4-10H,1-3H3,(H,21,26). The van der Waals surface area contributed by atoms with Crippen molar-refractivity contribution in [2.75, 3.05) is 5.32 Å². The molecule has 2 aromatic heterocycles. The summed E-state index contributed by atoms with van der Waals surface area (Å²) in [5.41, 5.74) is 3.43. The number of hydrogen-bond acceptors (Lipinski definition) is 6. The Bertz CT molecular complexity index is 1260. The highest BCUT2D eigenvalue weighted by Gasteiger charge is 2.29. The number of hydrogen-bond donors (Lipinski definition) is 1. The molecular weight excluding hydrogens is 390 g/mol. The summed E-state index contributed by atoms with van der Waals surface area (Å²) in [5, 5.41) is 18.8. The van der Waals surface area contributed by atoms with Crippen molar-refractivity contribution in [1.29, 1.82) is 0 Å². The van der Waals surface area contributed by atoms with Crippen LogP contribution in [0.15, 0.2) is 42.5 Å². The minimum absolute atomic E-state index is 0.0851. The average molecular weight is 407 g/mol. The molecule has 2 aromatic carbocycles. The van der Waals surface area contributed by atoms with Gasteiger partial charge >= 0.3 is 5.69 Å². The monoisotopic (exact) mass is 407 g/mol. The summed E-state index contributed by atoms with van der Waals surface area (Å²) in [6.45, 7) is 3.55. The van der Waals surface area contributed by atoms with Crippen molar-refractivity contribution in [3.8, 4) is 10.6 Å². The summed E-state index contributed by atoms with van der Waals surface area (Å²) in [4.78, 5) is 27.9. The fourth-order valence-corrected chi connectivity index (χ4v) is 4.23. The average Bonchev–Trinajstić information content (AvgIpc) is 3.21. The lowest BCUT2D eigenvalue weighted by Gasteiger charge is -2.06. The summed E-state index contributed by atoms with van der Waals surface area (Å²) in [6.07, 6.45) is 0. The van der Waals surface area contributed by atoms with E-state index in [1.807, 2.05) is 31.2 Å². The van der Waals surface area contributed by atoms with E-state index in [-0.39, 0.29) is 17.1 Å². The smallest absolute Gasteiger partial charge is 0.320 e. The van der Waals surface area contributed by atoms with Crippen LogP contribution in [0.5, 0.6) is 0 Å². The number of rotatable bonds is 4. The predicted molar refractivity (Wildman–Crippen MR) is 112 cm³/mol. The first-order chi connectivity index (χ1) is 13.8. The molecule has 0 saturated carbocycles. The van der Waals surface area contributed by atoms with Gasteiger partial charge in [0.25, 0.3) is 5.91 Å². The van der Waals surface area contributed by atoms with Crippen LogP contribution in [-0.2, 0) is 7.05 Å². The second-order valence-corrected chi connectivity index (χ2v) is 7.72. The maximum absolute atomic E-state index is 12.6. The van der Waals surface area contributed by atoms with Crippen LogP contribution in [0, 0.1) is 24.0 Å². The Morgan fingerprint density at radius 2 is 1.90 bits per heavy atom. The lowest BCUT2D eigenvalue weighted by Crippen LogP contribution is -2.17. The number of nitrogens with one attached hydrogen (secondary N) is 1. The van der Waals surface area contributed by atoms with Crippen LogP contribution >= 0.6 is 11.3 Å². The number of amides is 1. The molecule has 0 aliphatic heterocycles. The van der Waals surface area contributed by atoms with Gasteiger partial charge < -0.3 is 5.32 Å². The van der Waals surface area contributed by atoms with Crippen molar-refractivity contribution < 1.29 is 9.72 Å². The van der Waals surface area contributed by atoms with E-state index >= 15 is 0 Å². The third-order valence-corrected chi connectivity index (χ3v) is 5.59. The molecule has 0 saturated heterocycles. The Morgan fingerprint density at radius 3 is 2.59 bits per heavy atom. The zero-order valence-corrected chi connectivity index (χ0v) is 16.8. The van der Waals surface area contributed by atoms with Crippen LogP contribution in [0.1, 0.15) is 21.7 Å². The van der Waals surface area contributed by atoms with Crippen LogP contribution in [0.25, 0.3) is 20.8 Å². The van der Waals surface area contributed by atoms with E-state index in [0.717, 1.165) is 20.8 Å². The number of nitrogens with zero attached hydrogens (tertiary/aromatic N) is 4. The molecule has 0 fully saturated rings. The van der Waals surface area contributed by atoms with Crippen LogP contribution in [0.3, 0.4) is 0 Å². The van der Waals surface area contributed by atoms with Gasteiger partial charge in [0.2, 0.25) is 5.69 Å². The molecule has 0 radical (unpaired) electrons. The first-order valence-corrected chi connectivity index (χ1v) is 9.62. The number of fused-ring (bicyclic) bond motifs is 1. The van der Waals surface area contributed by atoms with Crippen LogP contribution in [-0.4, -0.2) is 25.6 Å². The van der Waals surface area contributed by atoms with Gasteiger partial charge in [-0.2, -0.15) is 5.10 Å². The molecule has 4 rings (SSSR count). The van der Waals surface area contributed by atoms with Crippen LogP contribution in [0.2, 0.25) is 0 Å². The van der Waals surface area contributed by atoms with Crippen molar-refractivity contribution >= 4 is 38.8 Å². The van der Waals surface area contributed by atoms with E-state index in [1.165, 1.54) is 24.2 Å². The topological polar surface area (TPSA) is 103 Å². The molecule has 0 unspecified atom stereocenters. The lowest BCUT2D eigenvalue weighted by molar-refractivity contribution is -0.385. The molecule has 1 amide bonds.